The molecule has 3 heterocycles. The van der Waals surface area contributed by atoms with Crippen LogP contribution in [0.4, 0.5) is 0 Å². The van der Waals surface area contributed by atoms with E-state index in [1.54, 1.807) is 55.4 Å². The Labute approximate surface area is 185 Å². The van der Waals surface area contributed by atoms with E-state index >= 15 is 0 Å². The van der Waals surface area contributed by atoms with Crippen molar-refractivity contribution in [3.8, 4) is 0 Å². The number of aromatic amines is 1. The Morgan fingerprint density at radius 2 is 1.94 bits per heavy atom. The van der Waals surface area contributed by atoms with Gasteiger partial charge in [0.2, 0.25) is 0 Å². The number of nitrogens with zero attached hydrogens (tertiary/aromatic N) is 2. The second-order valence-corrected chi connectivity index (χ2v) is 8.98. The molecule has 0 spiro atoms. The number of fused-ring (bicyclic) bond motifs is 3. The molecule has 0 radical (unpaired) electrons. The highest BCUT2D eigenvalue weighted by atomic mass is 35.5. The first-order valence-electron chi connectivity index (χ1n) is 10.1. The Morgan fingerprint density at radius 3 is 2.65 bits per heavy atom. The molecule has 1 N–H and O–H groups in total. The fourth-order valence-corrected chi connectivity index (χ4v) is 4.27. The molecule has 1 aliphatic rings. The van der Waals surface area contributed by atoms with Crippen molar-refractivity contribution >= 4 is 40.1 Å². The van der Waals surface area contributed by atoms with Crippen molar-refractivity contribution in [2.24, 2.45) is 0 Å². The van der Waals surface area contributed by atoms with Crippen molar-refractivity contribution in [2.75, 3.05) is 6.54 Å². The first-order valence-corrected chi connectivity index (χ1v) is 10.5. The van der Waals surface area contributed by atoms with Crippen molar-refractivity contribution in [1.29, 1.82) is 0 Å². The van der Waals surface area contributed by atoms with Crippen LogP contribution in [0.2, 0.25) is 5.02 Å². The summed E-state index contributed by atoms with van der Waals surface area (Å²) in [4.78, 5) is 35.7. The lowest BCUT2D eigenvalue weighted by atomic mass is 9.82. The van der Waals surface area contributed by atoms with E-state index in [0.29, 0.717) is 28.5 Å². The van der Waals surface area contributed by atoms with Crippen LogP contribution in [0.1, 0.15) is 49.3 Å². The quantitative estimate of drug-likeness (QED) is 0.588. The summed E-state index contributed by atoms with van der Waals surface area (Å²) in [6.07, 6.45) is 2.97. The number of H-pyrrole nitrogens is 1. The summed E-state index contributed by atoms with van der Waals surface area (Å²) < 4.78 is 5.51. The van der Waals surface area contributed by atoms with Gasteiger partial charge in [0.05, 0.1) is 28.0 Å². The number of carbonyl (C=O) groups excluding carboxylic acids is 2. The van der Waals surface area contributed by atoms with Gasteiger partial charge in [0, 0.05) is 29.7 Å². The van der Waals surface area contributed by atoms with Gasteiger partial charge in [-0.3, -0.25) is 4.79 Å². The molecule has 1 aliphatic heterocycles. The summed E-state index contributed by atoms with van der Waals surface area (Å²) >= 11 is 6.29. The molecule has 0 unspecified atom stereocenters. The summed E-state index contributed by atoms with van der Waals surface area (Å²) in [5.41, 5.74) is 2.42. The van der Waals surface area contributed by atoms with Crippen LogP contribution in [0.15, 0.2) is 48.8 Å². The van der Waals surface area contributed by atoms with Crippen molar-refractivity contribution in [2.45, 2.75) is 39.2 Å². The predicted octanol–water partition coefficient (Wildman–Crippen LogP) is 4.94. The molecule has 0 bridgehead atoms. The standard InChI is InChI=1S/C24H24ClN3O3/c1-14(2)31-23(30)17-12-28(22(29)15-8-5-6-10-18(15)25)13-24(3,4)19-16-9-7-11-26-21(16)27-20(17)19/h5-12,14H,13H2,1-4H3,(H,26,27). The van der Waals surface area contributed by atoms with E-state index in [0.717, 1.165) is 10.9 Å². The van der Waals surface area contributed by atoms with Gasteiger partial charge in [-0.25, -0.2) is 9.78 Å². The van der Waals surface area contributed by atoms with Crippen molar-refractivity contribution in [3.05, 3.63) is 70.6 Å². The number of esters is 1. The number of rotatable bonds is 3. The minimum Gasteiger partial charge on any atom is -0.459 e. The number of hydrogen-bond acceptors (Lipinski definition) is 4. The Kier molecular flexibility index (Phi) is 5.35. The Bertz CT molecular complexity index is 1210. The van der Waals surface area contributed by atoms with Crippen LogP contribution >= 0.6 is 11.6 Å². The number of nitrogens with one attached hydrogen (secondary N) is 1. The second kappa shape index (κ2) is 7.85. The molecule has 0 aliphatic carbocycles. The monoisotopic (exact) mass is 437 g/mol. The highest BCUT2D eigenvalue weighted by Crippen LogP contribution is 2.40. The molecule has 7 heteroatoms. The van der Waals surface area contributed by atoms with Crippen LogP contribution in [-0.2, 0) is 14.9 Å². The maximum atomic E-state index is 13.4. The van der Waals surface area contributed by atoms with Gasteiger partial charge >= 0.3 is 5.97 Å². The van der Waals surface area contributed by atoms with E-state index in [1.807, 2.05) is 26.0 Å². The number of pyridine rings is 1. The van der Waals surface area contributed by atoms with Gasteiger partial charge in [-0.2, -0.15) is 0 Å². The SMILES string of the molecule is CC(C)OC(=O)C1=CN(C(=O)c2ccccc2Cl)CC(C)(C)c2c1[nH]c1ncccc21. The number of carbonyl (C=O) groups is 2. The van der Waals surface area contributed by atoms with Gasteiger partial charge < -0.3 is 14.6 Å². The topological polar surface area (TPSA) is 75.3 Å². The predicted molar refractivity (Wildman–Crippen MR) is 121 cm³/mol. The third kappa shape index (κ3) is 3.83. The average Bonchev–Trinajstić information content (AvgIpc) is 3.05. The van der Waals surface area contributed by atoms with Crippen LogP contribution < -0.4 is 0 Å². The molecular weight excluding hydrogens is 414 g/mol. The fraction of sp³-hybridized carbons (Fsp3) is 0.292. The molecular formula is C24H24ClN3O3. The lowest BCUT2D eigenvalue weighted by Crippen LogP contribution is -2.37. The first-order chi connectivity index (χ1) is 14.7. The van der Waals surface area contributed by atoms with Crippen molar-refractivity contribution in [3.63, 3.8) is 0 Å². The van der Waals surface area contributed by atoms with E-state index < -0.39 is 11.4 Å². The third-order valence-electron chi connectivity index (χ3n) is 5.29. The van der Waals surface area contributed by atoms with Crippen LogP contribution in [0.3, 0.4) is 0 Å². The second-order valence-electron chi connectivity index (χ2n) is 8.57. The number of amides is 1. The Hall–Kier alpha value is -3.12. The van der Waals surface area contributed by atoms with Crippen molar-refractivity contribution < 1.29 is 14.3 Å². The van der Waals surface area contributed by atoms with Crippen LogP contribution in [0, 0.1) is 0 Å². The van der Waals surface area contributed by atoms with Gasteiger partial charge in [0.1, 0.15) is 5.65 Å². The highest BCUT2D eigenvalue weighted by molar-refractivity contribution is 6.34. The molecule has 6 nitrogen and oxygen atoms in total. The average molecular weight is 438 g/mol. The van der Waals surface area contributed by atoms with Crippen LogP contribution in [0.25, 0.3) is 16.6 Å². The first kappa shape index (κ1) is 21.1. The maximum Gasteiger partial charge on any atom is 0.342 e. The molecule has 1 aromatic carbocycles. The summed E-state index contributed by atoms with van der Waals surface area (Å²) in [6, 6.07) is 10.7. The van der Waals surface area contributed by atoms with Gasteiger partial charge in [0.15, 0.2) is 0 Å². The lowest BCUT2D eigenvalue weighted by molar-refractivity contribution is -0.140. The summed E-state index contributed by atoms with van der Waals surface area (Å²) in [7, 11) is 0. The smallest absolute Gasteiger partial charge is 0.342 e. The molecule has 160 valence electrons. The van der Waals surface area contributed by atoms with E-state index in [4.69, 9.17) is 16.3 Å². The molecule has 1 amide bonds. The lowest BCUT2D eigenvalue weighted by Gasteiger charge is -2.29. The highest BCUT2D eigenvalue weighted by Gasteiger charge is 2.38. The molecule has 0 fully saturated rings. The summed E-state index contributed by atoms with van der Waals surface area (Å²) in [5.74, 6) is -0.779. The van der Waals surface area contributed by atoms with Gasteiger partial charge in [-0.05, 0) is 43.7 Å². The van der Waals surface area contributed by atoms with Gasteiger partial charge in [0.25, 0.3) is 5.91 Å². The zero-order valence-corrected chi connectivity index (χ0v) is 18.7. The Morgan fingerprint density at radius 1 is 1.19 bits per heavy atom. The number of hydrogen-bond donors (Lipinski definition) is 1. The van der Waals surface area contributed by atoms with Crippen molar-refractivity contribution in [1.82, 2.24) is 14.9 Å². The fourth-order valence-electron chi connectivity index (χ4n) is 4.05. The van der Waals surface area contributed by atoms with Gasteiger partial charge in [-0.15, -0.1) is 0 Å². The van der Waals surface area contributed by atoms with E-state index in [-0.39, 0.29) is 17.6 Å². The molecule has 31 heavy (non-hydrogen) atoms. The molecule has 3 aromatic rings. The molecule has 4 rings (SSSR count). The number of halogens is 1. The van der Waals surface area contributed by atoms with Crippen LogP contribution in [-0.4, -0.2) is 39.4 Å². The third-order valence-corrected chi connectivity index (χ3v) is 5.62. The zero-order valence-electron chi connectivity index (χ0n) is 17.9. The molecule has 2 aromatic heterocycles. The Balaban J connectivity index is 1.91. The molecule has 0 atom stereocenters. The zero-order chi connectivity index (χ0) is 22.3. The molecule has 0 saturated carbocycles. The van der Waals surface area contributed by atoms with E-state index in [9.17, 15) is 9.59 Å². The van der Waals surface area contributed by atoms with Crippen LogP contribution in [0.5, 0.6) is 0 Å². The number of ether oxygens (including phenoxy) is 1. The van der Waals surface area contributed by atoms with Gasteiger partial charge in [-0.1, -0.05) is 37.6 Å². The normalized spacial score (nSPS) is 15.4. The minimum atomic E-state index is -0.502. The maximum absolute atomic E-state index is 13.4. The van der Waals surface area contributed by atoms with E-state index in [2.05, 4.69) is 9.97 Å². The molecule has 0 saturated heterocycles. The minimum absolute atomic E-state index is 0.277. The number of aromatic nitrogens is 2. The largest absolute Gasteiger partial charge is 0.459 e. The summed E-state index contributed by atoms with van der Waals surface area (Å²) in [6.45, 7) is 8.02. The van der Waals surface area contributed by atoms with E-state index in [1.165, 1.54) is 0 Å². The number of benzene rings is 1. The summed E-state index contributed by atoms with van der Waals surface area (Å²) in [5, 5.41) is 1.28.